The second-order valence-electron chi connectivity index (χ2n) is 4.73. The molecule has 0 saturated heterocycles. The lowest BCUT2D eigenvalue weighted by Crippen LogP contribution is -2.04. The molecule has 19 heavy (non-hydrogen) atoms. The molecule has 3 rings (SSSR count). The number of rotatable bonds is 3. The molecule has 1 aromatic carbocycles. The van der Waals surface area contributed by atoms with Gasteiger partial charge in [0.25, 0.3) is 0 Å². The number of nitrogens with two attached hydrogens (primary N) is 1. The molecule has 5 heteroatoms. The molecule has 0 unspecified atom stereocenters. The van der Waals surface area contributed by atoms with E-state index in [0.29, 0.717) is 17.6 Å². The summed E-state index contributed by atoms with van der Waals surface area (Å²) in [6, 6.07) is 7.63. The van der Waals surface area contributed by atoms with Gasteiger partial charge in [-0.1, -0.05) is 15.9 Å². The Morgan fingerprint density at radius 3 is 2.53 bits per heavy atom. The van der Waals surface area contributed by atoms with Crippen molar-refractivity contribution in [2.45, 2.75) is 25.7 Å². The number of hydrogen-bond donors (Lipinski definition) is 1. The zero-order chi connectivity index (χ0) is 13.4. The first-order valence-electron chi connectivity index (χ1n) is 6.21. The van der Waals surface area contributed by atoms with Crippen molar-refractivity contribution in [2.75, 3.05) is 5.73 Å². The topological polar surface area (TPSA) is 61.0 Å². The first-order valence-corrected chi connectivity index (χ1v) is 7.00. The normalized spacial score (nSPS) is 14.4. The summed E-state index contributed by atoms with van der Waals surface area (Å²) >= 11 is 3.39. The van der Waals surface area contributed by atoms with Crippen molar-refractivity contribution in [2.24, 2.45) is 0 Å². The number of nitrogens with zero attached hydrogens (tertiary/aromatic N) is 2. The molecular weight excluding hydrogens is 306 g/mol. The molecule has 2 aromatic rings. The van der Waals surface area contributed by atoms with Crippen LogP contribution in [-0.4, -0.2) is 9.97 Å². The van der Waals surface area contributed by atoms with E-state index < -0.39 is 0 Å². The first kappa shape index (κ1) is 12.4. The number of benzene rings is 1. The van der Waals surface area contributed by atoms with E-state index in [9.17, 15) is 0 Å². The van der Waals surface area contributed by atoms with Crippen molar-refractivity contribution < 1.29 is 4.74 Å². The van der Waals surface area contributed by atoms with Gasteiger partial charge in [0.15, 0.2) is 0 Å². The number of nitrogen functional groups attached to an aromatic ring is 1. The van der Waals surface area contributed by atoms with Crippen LogP contribution >= 0.6 is 15.9 Å². The summed E-state index contributed by atoms with van der Waals surface area (Å²) in [5.74, 6) is 3.05. The van der Waals surface area contributed by atoms with E-state index in [-0.39, 0.29) is 0 Å². The number of hydrogen-bond acceptors (Lipinski definition) is 4. The highest BCUT2D eigenvalue weighted by molar-refractivity contribution is 9.10. The van der Waals surface area contributed by atoms with E-state index in [4.69, 9.17) is 10.5 Å². The molecule has 0 spiro atoms. The van der Waals surface area contributed by atoms with Gasteiger partial charge in [-0.25, -0.2) is 4.98 Å². The van der Waals surface area contributed by atoms with Gasteiger partial charge in [-0.3, -0.25) is 0 Å². The van der Waals surface area contributed by atoms with E-state index >= 15 is 0 Å². The molecule has 0 radical (unpaired) electrons. The zero-order valence-corrected chi connectivity index (χ0v) is 12.1. The highest BCUT2D eigenvalue weighted by Crippen LogP contribution is 2.40. The van der Waals surface area contributed by atoms with Gasteiger partial charge in [0.1, 0.15) is 17.4 Å². The van der Waals surface area contributed by atoms with E-state index in [1.54, 1.807) is 0 Å². The summed E-state index contributed by atoms with van der Waals surface area (Å²) in [5, 5.41) is 0. The quantitative estimate of drug-likeness (QED) is 0.934. The molecule has 2 N–H and O–H groups in total. The number of ether oxygens (including phenoxy) is 1. The lowest BCUT2D eigenvalue weighted by Gasteiger charge is -2.10. The van der Waals surface area contributed by atoms with Gasteiger partial charge in [-0.15, -0.1) is 0 Å². The Hall–Kier alpha value is -1.62. The third-order valence-corrected chi connectivity index (χ3v) is 3.66. The SMILES string of the molecule is Cc1c(N)nc(C2CC2)nc1Oc1ccc(Br)cc1. The maximum absolute atomic E-state index is 5.93. The summed E-state index contributed by atoms with van der Waals surface area (Å²) in [5.41, 5.74) is 6.71. The van der Waals surface area contributed by atoms with Crippen LogP contribution in [0, 0.1) is 6.92 Å². The van der Waals surface area contributed by atoms with Crippen molar-refractivity contribution >= 4 is 21.7 Å². The first-order chi connectivity index (χ1) is 9.13. The summed E-state index contributed by atoms with van der Waals surface area (Å²) < 4.78 is 6.82. The Morgan fingerprint density at radius 2 is 1.89 bits per heavy atom. The second kappa shape index (κ2) is 4.81. The van der Waals surface area contributed by atoms with Gasteiger partial charge in [0.05, 0.1) is 5.56 Å². The zero-order valence-electron chi connectivity index (χ0n) is 10.6. The number of anilines is 1. The third kappa shape index (κ3) is 2.71. The summed E-state index contributed by atoms with van der Waals surface area (Å²) in [6.45, 7) is 1.88. The Balaban J connectivity index is 1.92. The number of halogens is 1. The third-order valence-electron chi connectivity index (χ3n) is 3.13. The van der Waals surface area contributed by atoms with Gasteiger partial charge in [-0.2, -0.15) is 4.98 Å². The van der Waals surface area contributed by atoms with E-state index in [2.05, 4.69) is 25.9 Å². The van der Waals surface area contributed by atoms with Crippen molar-refractivity contribution in [1.82, 2.24) is 9.97 Å². The number of aromatic nitrogens is 2. The second-order valence-corrected chi connectivity index (χ2v) is 5.64. The summed E-state index contributed by atoms with van der Waals surface area (Å²) in [4.78, 5) is 8.82. The minimum atomic E-state index is 0.454. The Morgan fingerprint density at radius 1 is 1.21 bits per heavy atom. The fourth-order valence-electron chi connectivity index (χ4n) is 1.77. The van der Waals surface area contributed by atoms with Gasteiger partial charge in [-0.05, 0) is 44.0 Å². The average molecular weight is 320 g/mol. The van der Waals surface area contributed by atoms with E-state index in [1.165, 1.54) is 0 Å². The van der Waals surface area contributed by atoms with Crippen LogP contribution in [0.5, 0.6) is 11.6 Å². The van der Waals surface area contributed by atoms with Gasteiger partial charge >= 0.3 is 0 Å². The Bertz CT molecular complexity index is 609. The maximum Gasteiger partial charge on any atom is 0.227 e. The van der Waals surface area contributed by atoms with Crippen LogP contribution in [0.25, 0.3) is 0 Å². The lowest BCUT2D eigenvalue weighted by molar-refractivity contribution is 0.455. The molecule has 1 aliphatic rings. The maximum atomic E-state index is 5.93. The fraction of sp³-hybridized carbons (Fsp3) is 0.286. The monoisotopic (exact) mass is 319 g/mol. The molecule has 98 valence electrons. The highest BCUT2D eigenvalue weighted by atomic mass is 79.9. The van der Waals surface area contributed by atoms with Crippen LogP contribution in [0.3, 0.4) is 0 Å². The molecule has 4 nitrogen and oxygen atoms in total. The lowest BCUT2D eigenvalue weighted by atomic mass is 10.3. The van der Waals surface area contributed by atoms with Crippen molar-refractivity contribution in [1.29, 1.82) is 0 Å². The molecule has 0 amide bonds. The largest absolute Gasteiger partial charge is 0.439 e. The Labute approximate surface area is 120 Å². The van der Waals surface area contributed by atoms with Crippen LogP contribution in [0.15, 0.2) is 28.7 Å². The molecule has 1 heterocycles. The van der Waals surface area contributed by atoms with Crippen molar-refractivity contribution in [3.63, 3.8) is 0 Å². The summed E-state index contributed by atoms with van der Waals surface area (Å²) in [7, 11) is 0. The molecule has 1 fully saturated rings. The minimum Gasteiger partial charge on any atom is -0.439 e. The van der Waals surface area contributed by atoms with Gasteiger partial charge < -0.3 is 10.5 Å². The predicted molar refractivity (Wildman–Crippen MR) is 77.4 cm³/mol. The van der Waals surface area contributed by atoms with Gasteiger partial charge in [0, 0.05) is 10.4 Å². The minimum absolute atomic E-state index is 0.454. The van der Waals surface area contributed by atoms with Crippen molar-refractivity contribution in [3.8, 4) is 11.6 Å². The Kier molecular flexibility index (Phi) is 3.14. The van der Waals surface area contributed by atoms with Crippen LogP contribution in [0.2, 0.25) is 0 Å². The fourth-order valence-corrected chi connectivity index (χ4v) is 2.03. The van der Waals surface area contributed by atoms with Crippen molar-refractivity contribution in [3.05, 3.63) is 40.1 Å². The molecule has 0 atom stereocenters. The molecular formula is C14H14BrN3O. The van der Waals surface area contributed by atoms with Crippen LogP contribution < -0.4 is 10.5 Å². The smallest absolute Gasteiger partial charge is 0.227 e. The standard InChI is InChI=1S/C14H14BrN3O/c1-8-12(16)17-13(9-2-3-9)18-14(8)19-11-6-4-10(15)5-7-11/h4-7,9H,2-3H2,1H3,(H2,16,17,18). The predicted octanol–water partition coefficient (Wildman–Crippen LogP) is 3.80. The molecule has 1 aliphatic carbocycles. The summed E-state index contributed by atoms with van der Waals surface area (Å²) in [6.07, 6.45) is 2.28. The van der Waals surface area contributed by atoms with E-state index in [0.717, 1.165) is 34.5 Å². The molecule has 1 saturated carbocycles. The van der Waals surface area contributed by atoms with Crippen LogP contribution in [-0.2, 0) is 0 Å². The molecule has 0 bridgehead atoms. The molecule has 0 aliphatic heterocycles. The van der Waals surface area contributed by atoms with E-state index in [1.807, 2.05) is 31.2 Å². The molecule has 1 aromatic heterocycles. The van der Waals surface area contributed by atoms with Crippen LogP contribution in [0.1, 0.15) is 30.1 Å². The highest BCUT2D eigenvalue weighted by Gasteiger charge is 2.28. The average Bonchev–Trinajstić information content (AvgIpc) is 3.21. The van der Waals surface area contributed by atoms with Crippen LogP contribution in [0.4, 0.5) is 5.82 Å². The van der Waals surface area contributed by atoms with Gasteiger partial charge in [0.2, 0.25) is 5.88 Å².